The van der Waals surface area contributed by atoms with Gasteiger partial charge in [-0.15, -0.1) is 0 Å². The zero-order chi connectivity index (χ0) is 22.0. The summed E-state index contributed by atoms with van der Waals surface area (Å²) in [6.07, 6.45) is 0. The fraction of sp³-hybridized carbons (Fsp3) is 0.435. The molecule has 31 heavy (non-hydrogen) atoms. The molecule has 3 heterocycles. The second kappa shape index (κ2) is 8.93. The van der Waals surface area contributed by atoms with Crippen molar-refractivity contribution in [3.63, 3.8) is 0 Å². The first-order valence-electron chi connectivity index (χ1n) is 10.8. The molecule has 8 heteroatoms. The van der Waals surface area contributed by atoms with Crippen LogP contribution in [0.2, 0.25) is 0 Å². The third-order valence-electron chi connectivity index (χ3n) is 6.02. The SMILES string of the molecule is CCN1Cc2ccc(CN3CCN(c4ccc(C)nc4C(=O)NC)CC3)cc2NC1=O. The van der Waals surface area contributed by atoms with Crippen LogP contribution in [0.1, 0.15) is 34.2 Å². The highest BCUT2D eigenvalue weighted by Gasteiger charge is 2.24. The smallest absolute Gasteiger partial charge is 0.322 e. The van der Waals surface area contributed by atoms with Gasteiger partial charge in [0.15, 0.2) is 5.69 Å². The molecule has 0 aliphatic carbocycles. The van der Waals surface area contributed by atoms with E-state index in [2.05, 4.69) is 43.6 Å². The number of pyridine rings is 1. The highest BCUT2D eigenvalue weighted by molar-refractivity contribution is 5.97. The predicted molar refractivity (Wildman–Crippen MR) is 121 cm³/mol. The highest BCUT2D eigenvalue weighted by atomic mass is 16.2. The van der Waals surface area contributed by atoms with Crippen molar-refractivity contribution in [1.82, 2.24) is 20.1 Å². The van der Waals surface area contributed by atoms with Crippen LogP contribution in [-0.4, -0.2) is 66.5 Å². The van der Waals surface area contributed by atoms with Gasteiger partial charge in [-0.2, -0.15) is 0 Å². The average Bonchev–Trinajstić information content (AvgIpc) is 2.78. The Morgan fingerprint density at radius 3 is 2.65 bits per heavy atom. The molecule has 0 radical (unpaired) electrons. The molecule has 0 spiro atoms. The average molecular weight is 423 g/mol. The number of amides is 3. The first-order valence-corrected chi connectivity index (χ1v) is 10.8. The molecule has 4 rings (SSSR count). The van der Waals surface area contributed by atoms with E-state index in [0.717, 1.165) is 55.4 Å². The molecule has 0 unspecified atom stereocenters. The van der Waals surface area contributed by atoms with Crippen LogP contribution in [0.3, 0.4) is 0 Å². The van der Waals surface area contributed by atoms with Gasteiger partial charge in [0.25, 0.3) is 5.91 Å². The van der Waals surface area contributed by atoms with Gasteiger partial charge in [-0.25, -0.2) is 9.78 Å². The second-order valence-corrected chi connectivity index (χ2v) is 8.10. The molecule has 3 amide bonds. The van der Waals surface area contributed by atoms with Gasteiger partial charge in [-0.05, 0) is 43.2 Å². The van der Waals surface area contributed by atoms with Crippen molar-refractivity contribution >= 4 is 23.3 Å². The van der Waals surface area contributed by atoms with Gasteiger partial charge < -0.3 is 20.4 Å². The van der Waals surface area contributed by atoms with Crippen LogP contribution in [0.15, 0.2) is 30.3 Å². The van der Waals surface area contributed by atoms with E-state index < -0.39 is 0 Å². The first kappa shape index (κ1) is 21.1. The molecule has 0 bridgehead atoms. The number of aromatic nitrogens is 1. The second-order valence-electron chi connectivity index (χ2n) is 8.10. The van der Waals surface area contributed by atoms with Gasteiger partial charge in [0.2, 0.25) is 0 Å². The summed E-state index contributed by atoms with van der Waals surface area (Å²) in [7, 11) is 1.63. The molecule has 2 aliphatic heterocycles. The molecule has 2 aliphatic rings. The molecular weight excluding hydrogens is 392 g/mol. The number of piperazine rings is 1. The van der Waals surface area contributed by atoms with Crippen molar-refractivity contribution < 1.29 is 9.59 Å². The summed E-state index contributed by atoms with van der Waals surface area (Å²) in [6, 6.07) is 10.3. The van der Waals surface area contributed by atoms with Crippen LogP contribution in [0.25, 0.3) is 0 Å². The number of carbonyl (C=O) groups excluding carboxylic acids is 2. The molecule has 1 saturated heterocycles. The Hall–Kier alpha value is -3.13. The van der Waals surface area contributed by atoms with Crippen LogP contribution >= 0.6 is 0 Å². The van der Waals surface area contributed by atoms with Crippen LogP contribution in [-0.2, 0) is 13.1 Å². The number of aryl methyl sites for hydroxylation is 1. The first-order chi connectivity index (χ1) is 15.0. The van der Waals surface area contributed by atoms with E-state index in [0.29, 0.717) is 18.8 Å². The van der Waals surface area contributed by atoms with Gasteiger partial charge >= 0.3 is 6.03 Å². The van der Waals surface area contributed by atoms with Gasteiger partial charge in [0, 0.05) is 64.2 Å². The van der Waals surface area contributed by atoms with Gasteiger partial charge in [0.05, 0.1) is 5.69 Å². The fourth-order valence-corrected chi connectivity index (χ4v) is 4.20. The lowest BCUT2D eigenvalue weighted by atomic mass is 10.1. The van der Waals surface area contributed by atoms with E-state index in [1.54, 1.807) is 11.9 Å². The van der Waals surface area contributed by atoms with Gasteiger partial charge in [-0.1, -0.05) is 12.1 Å². The molecule has 0 saturated carbocycles. The predicted octanol–water partition coefficient (Wildman–Crippen LogP) is 2.44. The molecule has 2 aromatic rings. The quantitative estimate of drug-likeness (QED) is 0.774. The molecule has 8 nitrogen and oxygen atoms in total. The van der Waals surface area contributed by atoms with E-state index in [4.69, 9.17) is 0 Å². The largest absolute Gasteiger partial charge is 0.367 e. The Morgan fingerprint density at radius 1 is 1.16 bits per heavy atom. The third kappa shape index (κ3) is 4.49. The summed E-state index contributed by atoms with van der Waals surface area (Å²) < 4.78 is 0. The maximum absolute atomic E-state index is 12.3. The van der Waals surface area contributed by atoms with Crippen LogP contribution in [0.5, 0.6) is 0 Å². The molecule has 0 atom stereocenters. The maximum atomic E-state index is 12.3. The van der Waals surface area contributed by atoms with Gasteiger partial charge in [0.1, 0.15) is 0 Å². The minimum Gasteiger partial charge on any atom is -0.367 e. The summed E-state index contributed by atoms with van der Waals surface area (Å²) in [5, 5.41) is 5.70. The van der Waals surface area contributed by atoms with Crippen LogP contribution in [0.4, 0.5) is 16.2 Å². The molecular formula is C23H30N6O2. The molecule has 164 valence electrons. The number of hydrogen-bond acceptors (Lipinski definition) is 5. The summed E-state index contributed by atoms with van der Waals surface area (Å²) in [5.74, 6) is -0.154. The maximum Gasteiger partial charge on any atom is 0.322 e. The van der Waals surface area contributed by atoms with Gasteiger partial charge in [-0.3, -0.25) is 9.69 Å². The summed E-state index contributed by atoms with van der Waals surface area (Å²) in [4.78, 5) is 35.3. The van der Waals surface area contributed by atoms with Crippen molar-refractivity contribution in [2.24, 2.45) is 0 Å². The zero-order valence-electron chi connectivity index (χ0n) is 18.4. The topological polar surface area (TPSA) is 80.8 Å². The Balaban J connectivity index is 1.40. The molecule has 1 aromatic carbocycles. The van der Waals surface area contributed by atoms with E-state index in [1.807, 2.05) is 26.0 Å². The normalized spacial score (nSPS) is 16.7. The number of hydrogen-bond donors (Lipinski definition) is 2. The van der Waals surface area contributed by atoms with E-state index in [1.165, 1.54) is 5.56 Å². The Morgan fingerprint density at radius 2 is 1.94 bits per heavy atom. The lowest BCUT2D eigenvalue weighted by Gasteiger charge is -2.37. The van der Waals surface area contributed by atoms with Crippen molar-refractivity contribution in [1.29, 1.82) is 0 Å². The lowest BCUT2D eigenvalue weighted by Crippen LogP contribution is -2.46. The molecule has 1 aromatic heterocycles. The van der Waals surface area contributed by atoms with Crippen LogP contribution in [0, 0.1) is 6.92 Å². The Labute approximate surface area is 183 Å². The van der Waals surface area contributed by atoms with E-state index in [9.17, 15) is 9.59 Å². The van der Waals surface area contributed by atoms with Crippen molar-refractivity contribution in [3.05, 3.63) is 52.8 Å². The standard InChI is InChI=1S/C23H30N6O2/c1-4-28-15-18-7-6-17(13-19(18)26-23(28)31)14-27-9-11-29(12-10-27)20-8-5-16(2)25-21(20)22(30)24-3/h5-8,13H,4,9-12,14-15H2,1-3H3,(H,24,30)(H,26,31). The number of benzene rings is 1. The van der Waals surface area contributed by atoms with Crippen molar-refractivity contribution in [2.45, 2.75) is 26.9 Å². The number of anilines is 2. The summed E-state index contributed by atoms with van der Waals surface area (Å²) in [6.45, 7) is 9.55. The molecule has 2 N–H and O–H groups in total. The number of rotatable bonds is 5. The minimum atomic E-state index is -0.154. The number of urea groups is 1. The summed E-state index contributed by atoms with van der Waals surface area (Å²) >= 11 is 0. The lowest BCUT2D eigenvalue weighted by molar-refractivity contribution is 0.0958. The van der Waals surface area contributed by atoms with E-state index in [-0.39, 0.29) is 11.9 Å². The molecule has 1 fully saturated rings. The number of nitrogens with zero attached hydrogens (tertiary/aromatic N) is 4. The number of carbonyl (C=O) groups is 2. The van der Waals surface area contributed by atoms with E-state index >= 15 is 0 Å². The minimum absolute atomic E-state index is 0.0283. The van der Waals surface area contributed by atoms with Crippen molar-refractivity contribution in [3.8, 4) is 0 Å². The van der Waals surface area contributed by atoms with Crippen LogP contribution < -0.4 is 15.5 Å². The fourth-order valence-electron chi connectivity index (χ4n) is 4.20. The monoisotopic (exact) mass is 422 g/mol. The Kier molecular flexibility index (Phi) is 6.08. The third-order valence-corrected chi connectivity index (χ3v) is 6.02. The van der Waals surface area contributed by atoms with Crippen molar-refractivity contribution in [2.75, 3.05) is 50.0 Å². The number of fused-ring (bicyclic) bond motifs is 1. The number of nitrogens with one attached hydrogen (secondary N) is 2. The highest BCUT2D eigenvalue weighted by Crippen LogP contribution is 2.26. The zero-order valence-corrected chi connectivity index (χ0v) is 18.4. The summed E-state index contributed by atoms with van der Waals surface area (Å²) in [5.41, 5.74) is 5.49. The Bertz CT molecular complexity index is 984.